The second kappa shape index (κ2) is 4.84. The summed E-state index contributed by atoms with van der Waals surface area (Å²) in [7, 11) is -3.21. The molecule has 1 atom stereocenters. The summed E-state index contributed by atoms with van der Waals surface area (Å²) in [4.78, 5) is 0. The molecule has 1 aliphatic rings. The molecule has 0 radical (unpaired) electrons. The number of nitriles is 2. The minimum absolute atomic E-state index is 0.00215. The fourth-order valence-corrected chi connectivity index (χ4v) is 4.46. The second-order valence-corrected chi connectivity index (χ2v) is 6.55. The molecular formula is C11H16N2O2S. The van der Waals surface area contributed by atoms with E-state index < -0.39 is 15.3 Å². The second-order valence-electron chi connectivity index (χ2n) is 4.44. The van der Waals surface area contributed by atoms with Crippen molar-refractivity contribution in [3.63, 3.8) is 0 Å². The highest BCUT2D eigenvalue weighted by atomic mass is 32.2. The third-order valence-electron chi connectivity index (χ3n) is 3.15. The molecule has 5 heteroatoms. The molecule has 16 heavy (non-hydrogen) atoms. The van der Waals surface area contributed by atoms with E-state index in [1.807, 2.05) is 12.1 Å². The van der Waals surface area contributed by atoms with Gasteiger partial charge in [0.15, 0.2) is 15.3 Å². The van der Waals surface area contributed by atoms with Gasteiger partial charge in [0.2, 0.25) is 0 Å². The third kappa shape index (κ3) is 2.54. The van der Waals surface area contributed by atoms with Gasteiger partial charge >= 0.3 is 0 Å². The van der Waals surface area contributed by atoms with E-state index in [0.29, 0.717) is 6.42 Å². The molecule has 1 aliphatic heterocycles. The maximum Gasteiger partial charge on any atom is 0.161 e. The number of hydrogen-bond acceptors (Lipinski definition) is 4. The summed E-state index contributed by atoms with van der Waals surface area (Å²) < 4.78 is 23.0. The van der Waals surface area contributed by atoms with Gasteiger partial charge in [-0.1, -0.05) is 26.2 Å². The van der Waals surface area contributed by atoms with Gasteiger partial charge in [-0.2, -0.15) is 10.5 Å². The van der Waals surface area contributed by atoms with Crippen molar-refractivity contribution in [1.82, 2.24) is 0 Å². The van der Waals surface area contributed by atoms with Gasteiger partial charge in [0.25, 0.3) is 0 Å². The summed E-state index contributed by atoms with van der Waals surface area (Å²) in [6.45, 7) is 2.06. The molecule has 1 fully saturated rings. The predicted octanol–water partition coefficient (Wildman–Crippen LogP) is 1.64. The Bertz CT molecular complexity index is 414. The lowest BCUT2D eigenvalue weighted by Gasteiger charge is -2.18. The van der Waals surface area contributed by atoms with Crippen LogP contribution in [0.3, 0.4) is 0 Å². The number of rotatable bonds is 4. The number of sulfone groups is 1. The average Bonchev–Trinajstić information content (AvgIpc) is 2.51. The first-order chi connectivity index (χ1) is 7.49. The SMILES string of the molecule is CCCCCC1CS(=O)(=O)CC1(C#N)C#N. The first-order valence-electron chi connectivity index (χ1n) is 5.52. The average molecular weight is 240 g/mol. The van der Waals surface area contributed by atoms with Gasteiger partial charge in [0.1, 0.15) is 0 Å². The fraction of sp³-hybridized carbons (Fsp3) is 0.818. The lowest BCUT2D eigenvalue weighted by atomic mass is 9.78. The first-order valence-corrected chi connectivity index (χ1v) is 7.35. The Morgan fingerprint density at radius 3 is 2.44 bits per heavy atom. The fourth-order valence-electron chi connectivity index (χ4n) is 2.22. The van der Waals surface area contributed by atoms with Crippen LogP contribution in [-0.4, -0.2) is 19.9 Å². The molecule has 88 valence electrons. The van der Waals surface area contributed by atoms with E-state index >= 15 is 0 Å². The molecule has 4 nitrogen and oxygen atoms in total. The zero-order chi connectivity index (χ0) is 12.2. The van der Waals surface area contributed by atoms with Crippen LogP contribution in [0.2, 0.25) is 0 Å². The highest BCUT2D eigenvalue weighted by Gasteiger charge is 2.51. The molecular weight excluding hydrogens is 224 g/mol. The summed E-state index contributed by atoms with van der Waals surface area (Å²) in [6, 6.07) is 3.84. The monoisotopic (exact) mass is 240 g/mol. The molecule has 1 heterocycles. The van der Waals surface area contributed by atoms with E-state index in [2.05, 4.69) is 6.92 Å². The highest BCUT2D eigenvalue weighted by molar-refractivity contribution is 7.91. The van der Waals surface area contributed by atoms with Crippen LogP contribution in [0.25, 0.3) is 0 Å². The molecule has 0 bridgehead atoms. The van der Waals surface area contributed by atoms with Gasteiger partial charge in [0, 0.05) is 5.92 Å². The molecule has 1 rings (SSSR count). The van der Waals surface area contributed by atoms with E-state index in [-0.39, 0.29) is 17.4 Å². The Morgan fingerprint density at radius 2 is 1.94 bits per heavy atom. The van der Waals surface area contributed by atoms with Crippen LogP contribution in [0.1, 0.15) is 32.6 Å². The van der Waals surface area contributed by atoms with Gasteiger partial charge < -0.3 is 0 Å². The minimum atomic E-state index is -3.21. The maximum absolute atomic E-state index is 11.5. The van der Waals surface area contributed by atoms with Gasteiger partial charge in [-0.15, -0.1) is 0 Å². The zero-order valence-corrected chi connectivity index (χ0v) is 10.3. The van der Waals surface area contributed by atoms with Crippen LogP contribution in [0.4, 0.5) is 0 Å². The van der Waals surface area contributed by atoms with Gasteiger partial charge in [-0.3, -0.25) is 0 Å². The van der Waals surface area contributed by atoms with Crippen molar-refractivity contribution in [3.8, 4) is 12.1 Å². The molecule has 0 N–H and O–H groups in total. The number of nitrogens with zero attached hydrogens (tertiary/aromatic N) is 2. The summed E-state index contributed by atoms with van der Waals surface area (Å²) in [5.41, 5.74) is -1.30. The normalized spacial score (nSPS) is 25.8. The van der Waals surface area contributed by atoms with E-state index in [4.69, 9.17) is 10.5 Å². The summed E-state index contributed by atoms with van der Waals surface area (Å²) >= 11 is 0. The lowest BCUT2D eigenvalue weighted by Crippen LogP contribution is -2.26. The Hall–Kier alpha value is -1.07. The number of unbranched alkanes of at least 4 members (excludes halogenated alkanes) is 2. The molecule has 0 aromatic carbocycles. The van der Waals surface area contributed by atoms with E-state index in [1.165, 1.54) is 0 Å². The standard InChI is InChI=1S/C11H16N2O2S/c1-2-3-4-5-10-6-16(14,15)9-11(10,7-12)8-13/h10H,2-6,9H2,1H3. The lowest BCUT2D eigenvalue weighted by molar-refractivity contribution is 0.368. The van der Waals surface area contributed by atoms with Crippen molar-refractivity contribution in [2.45, 2.75) is 32.6 Å². The molecule has 0 amide bonds. The molecule has 0 aliphatic carbocycles. The van der Waals surface area contributed by atoms with Crippen molar-refractivity contribution in [2.75, 3.05) is 11.5 Å². The van der Waals surface area contributed by atoms with Crippen molar-refractivity contribution < 1.29 is 8.42 Å². The van der Waals surface area contributed by atoms with E-state index in [1.54, 1.807) is 0 Å². The minimum Gasteiger partial charge on any atom is -0.229 e. The van der Waals surface area contributed by atoms with Crippen molar-refractivity contribution in [3.05, 3.63) is 0 Å². The van der Waals surface area contributed by atoms with E-state index in [9.17, 15) is 8.42 Å². The largest absolute Gasteiger partial charge is 0.229 e. The van der Waals surface area contributed by atoms with Gasteiger partial charge in [0.05, 0.1) is 23.6 Å². The van der Waals surface area contributed by atoms with Crippen LogP contribution in [0.15, 0.2) is 0 Å². The molecule has 0 aromatic heterocycles. The van der Waals surface area contributed by atoms with Crippen LogP contribution in [-0.2, 0) is 9.84 Å². The van der Waals surface area contributed by atoms with Gasteiger partial charge in [-0.25, -0.2) is 8.42 Å². The Morgan fingerprint density at radius 1 is 1.31 bits per heavy atom. The Kier molecular flexibility index (Phi) is 3.93. The summed E-state index contributed by atoms with van der Waals surface area (Å²) in [6.07, 6.45) is 3.62. The van der Waals surface area contributed by atoms with Crippen molar-refractivity contribution in [1.29, 1.82) is 10.5 Å². The quantitative estimate of drug-likeness (QED) is 0.699. The maximum atomic E-state index is 11.5. The predicted molar refractivity (Wildman–Crippen MR) is 59.9 cm³/mol. The Labute approximate surface area is 96.8 Å². The summed E-state index contributed by atoms with van der Waals surface area (Å²) in [5, 5.41) is 18.1. The molecule has 0 aromatic rings. The smallest absolute Gasteiger partial charge is 0.161 e. The van der Waals surface area contributed by atoms with Crippen LogP contribution in [0, 0.1) is 34.0 Å². The third-order valence-corrected chi connectivity index (χ3v) is 4.96. The topological polar surface area (TPSA) is 81.7 Å². The van der Waals surface area contributed by atoms with Crippen molar-refractivity contribution in [2.24, 2.45) is 11.3 Å². The summed E-state index contributed by atoms with van der Waals surface area (Å²) in [5.74, 6) is -0.596. The first kappa shape index (κ1) is 13.0. The van der Waals surface area contributed by atoms with Crippen LogP contribution < -0.4 is 0 Å². The van der Waals surface area contributed by atoms with Crippen LogP contribution >= 0.6 is 0 Å². The Balaban J connectivity index is 2.82. The molecule has 0 spiro atoms. The van der Waals surface area contributed by atoms with E-state index in [0.717, 1.165) is 19.3 Å². The van der Waals surface area contributed by atoms with Crippen LogP contribution in [0.5, 0.6) is 0 Å². The highest BCUT2D eigenvalue weighted by Crippen LogP contribution is 2.39. The molecule has 0 saturated carbocycles. The molecule has 1 saturated heterocycles. The molecule has 1 unspecified atom stereocenters. The zero-order valence-electron chi connectivity index (χ0n) is 9.44. The van der Waals surface area contributed by atoms with Gasteiger partial charge in [-0.05, 0) is 6.42 Å². The number of hydrogen-bond donors (Lipinski definition) is 0. The van der Waals surface area contributed by atoms with Crippen molar-refractivity contribution >= 4 is 9.84 Å².